The Morgan fingerprint density at radius 1 is 1.44 bits per heavy atom. The van der Waals surface area contributed by atoms with Gasteiger partial charge in [-0.3, -0.25) is 0 Å². The van der Waals surface area contributed by atoms with Gasteiger partial charge in [0, 0.05) is 19.2 Å². The minimum Gasteiger partial charge on any atom is -0.464 e. The molecule has 4 nitrogen and oxygen atoms in total. The fourth-order valence-corrected chi connectivity index (χ4v) is 0.840. The molecule has 0 heterocycles. The zero-order valence-electron chi connectivity index (χ0n) is 5.66. The molecule has 0 aromatic carbocycles. The first-order valence-electron chi connectivity index (χ1n) is 2.36. The number of amides is 1. The van der Waals surface area contributed by atoms with Crippen LogP contribution in [0, 0.1) is 0 Å². The fraction of sp³-hybridized carbons (Fsp3) is 0.750. The molecule has 0 radical (unpaired) electrons. The highest BCUT2D eigenvalue weighted by atomic mass is 32.2. The van der Waals surface area contributed by atoms with Crippen LogP contribution in [0.3, 0.4) is 0 Å². The molecular formula is C4H10N2O2S. The van der Waals surface area contributed by atoms with Crippen molar-refractivity contribution in [3.8, 4) is 0 Å². The predicted molar refractivity (Wildman–Crippen MR) is 37.1 cm³/mol. The molecular weight excluding hydrogens is 140 g/mol. The maximum Gasteiger partial charge on any atom is 0.418 e. The standard InChI is InChI=1S/C4H10N2O2S/c1-5(2)9-6(3)4(7)8/h1-3H3,(H,7,8). The lowest BCUT2D eigenvalue weighted by Gasteiger charge is -2.14. The van der Waals surface area contributed by atoms with Crippen LogP contribution in [0.2, 0.25) is 0 Å². The largest absolute Gasteiger partial charge is 0.464 e. The number of rotatable bonds is 2. The maximum absolute atomic E-state index is 10.1. The van der Waals surface area contributed by atoms with Gasteiger partial charge in [-0.1, -0.05) is 0 Å². The summed E-state index contributed by atoms with van der Waals surface area (Å²) in [5.41, 5.74) is 0. The van der Waals surface area contributed by atoms with E-state index < -0.39 is 6.09 Å². The van der Waals surface area contributed by atoms with E-state index >= 15 is 0 Å². The molecule has 0 aliphatic heterocycles. The Hall–Kier alpha value is -0.420. The molecule has 0 unspecified atom stereocenters. The second-order valence-corrected chi connectivity index (χ2v) is 3.12. The van der Waals surface area contributed by atoms with E-state index in [1.54, 1.807) is 18.4 Å². The minimum absolute atomic E-state index is 0.936. The first kappa shape index (κ1) is 8.58. The highest BCUT2D eigenvalue weighted by Gasteiger charge is 2.05. The van der Waals surface area contributed by atoms with E-state index in [4.69, 9.17) is 5.11 Å². The molecule has 9 heavy (non-hydrogen) atoms. The first-order valence-corrected chi connectivity index (χ1v) is 3.09. The molecule has 1 amide bonds. The summed E-state index contributed by atoms with van der Waals surface area (Å²) in [6.07, 6.45) is -0.936. The molecule has 54 valence electrons. The summed E-state index contributed by atoms with van der Waals surface area (Å²) >= 11 is 1.13. The van der Waals surface area contributed by atoms with Crippen LogP contribution in [0.1, 0.15) is 0 Å². The Morgan fingerprint density at radius 3 is 2.00 bits per heavy atom. The van der Waals surface area contributed by atoms with Crippen LogP contribution in [-0.4, -0.2) is 41.0 Å². The summed E-state index contributed by atoms with van der Waals surface area (Å²) in [4.78, 5) is 10.1. The van der Waals surface area contributed by atoms with Crippen LogP contribution in [0.4, 0.5) is 4.79 Å². The van der Waals surface area contributed by atoms with Gasteiger partial charge < -0.3 is 5.11 Å². The Morgan fingerprint density at radius 2 is 1.89 bits per heavy atom. The number of hydrogen-bond acceptors (Lipinski definition) is 3. The van der Waals surface area contributed by atoms with E-state index in [0.717, 1.165) is 16.4 Å². The van der Waals surface area contributed by atoms with Crippen molar-refractivity contribution in [1.29, 1.82) is 0 Å². The van der Waals surface area contributed by atoms with Gasteiger partial charge in [-0.15, -0.1) is 0 Å². The van der Waals surface area contributed by atoms with Gasteiger partial charge in [0.2, 0.25) is 0 Å². The first-order chi connectivity index (χ1) is 4.04. The molecule has 0 rings (SSSR count). The third kappa shape index (κ3) is 4.11. The molecule has 0 saturated carbocycles. The topological polar surface area (TPSA) is 43.8 Å². The predicted octanol–water partition coefficient (Wildman–Crippen LogP) is 0.721. The van der Waals surface area contributed by atoms with Crippen molar-refractivity contribution < 1.29 is 9.90 Å². The van der Waals surface area contributed by atoms with Gasteiger partial charge in [0.05, 0.1) is 0 Å². The molecule has 0 spiro atoms. The zero-order chi connectivity index (χ0) is 7.44. The quantitative estimate of drug-likeness (QED) is 0.589. The van der Waals surface area contributed by atoms with Crippen molar-refractivity contribution in [2.75, 3.05) is 21.1 Å². The van der Waals surface area contributed by atoms with E-state index in [9.17, 15) is 4.79 Å². The molecule has 0 aromatic rings. The molecule has 0 fully saturated rings. The van der Waals surface area contributed by atoms with Crippen molar-refractivity contribution >= 4 is 18.2 Å². The van der Waals surface area contributed by atoms with Crippen LogP contribution in [0.25, 0.3) is 0 Å². The summed E-state index contributed by atoms with van der Waals surface area (Å²) in [5.74, 6) is 0. The Bertz CT molecular complexity index is 107. The summed E-state index contributed by atoms with van der Waals surface area (Å²) in [7, 11) is 5.06. The molecule has 0 saturated heterocycles. The third-order valence-corrected chi connectivity index (χ3v) is 1.28. The third-order valence-electron chi connectivity index (χ3n) is 0.555. The van der Waals surface area contributed by atoms with Crippen LogP contribution in [-0.2, 0) is 0 Å². The average Bonchev–Trinajstić information content (AvgIpc) is 1.63. The van der Waals surface area contributed by atoms with Crippen molar-refractivity contribution in [3.63, 3.8) is 0 Å². The van der Waals surface area contributed by atoms with Gasteiger partial charge in [-0.2, -0.15) is 0 Å². The molecule has 0 bridgehead atoms. The maximum atomic E-state index is 10.1. The van der Waals surface area contributed by atoms with Crippen molar-refractivity contribution in [2.24, 2.45) is 0 Å². The van der Waals surface area contributed by atoms with Crippen molar-refractivity contribution in [1.82, 2.24) is 8.61 Å². The molecule has 5 heteroatoms. The van der Waals surface area contributed by atoms with Crippen molar-refractivity contribution in [3.05, 3.63) is 0 Å². The minimum atomic E-state index is -0.936. The Labute approximate surface area is 58.7 Å². The zero-order valence-corrected chi connectivity index (χ0v) is 6.47. The normalized spacial score (nSPS) is 9.78. The highest BCUT2D eigenvalue weighted by molar-refractivity contribution is 7.95. The lowest BCUT2D eigenvalue weighted by Crippen LogP contribution is -2.21. The molecule has 0 aromatic heterocycles. The highest BCUT2D eigenvalue weighted by Crippen LogP contribution is 2.07. The second-order valence-electron chi connectivity index (χ2n) is 1.67. The fourth-order valence-electron chi connectivity index (χ4n) is 0.280. The summed E-state index contributed by atoms with van der Waals surface area (Å²) in [6, 6.07) is 0. The van der Waals surface area contributed by atoms with E-state index in [0.29, 0.717) is 0 Å². The molecule has 0 aliphatic carbocycles. The SMILES string of the molecule is CN(C)SN(C)C(=O)O. The Kier molecular flexibility index (Phi) is 3.41. The van der Waals surface area contributed by atoms with Crippen LogP contribution in [0.15, 0.2) is 0 Å². The smallest absolute Gasteiger partial charge is 0.418 e. The number of nitrogens with zero attached hydrogens (tertiary/aromatic N) is 2. The van der Waals surface area contributed by atoms with Gasteiger partial charge in [0.25, 0.3) is 0 Å². The summed E-state index contributed by atoms with van der Waals surface area (Å²) < 4.78 is 2.83. The van der Waals surface area contributed by atoms with Gasteiger partial charge in [-0.05, 0) is 14.1 Å². The molecule has 0 aliphatic rings. The second kappa shape index (κ2) is 3.58. The molecule has 0 atom stereocenters. The monoisotopic (exact) mass is 150 g/mol. The number of carbonyl (C=O) groups is 1. The summed E-state index contributed by atoms with van der Waals surface area (Å²) in [5, 5.41) is 8.31. The number of carboxylic acid groups (broad SMARTS) is 1. The van der Waals surface area contributed by atoms with Gasteiger partial charge in [0.1, 0.15) is 0 Å². The van der Waals surface area contributed by atoms with E-state index in [1.165, 1.54) is 7.05 Å². The van der Waals surface area contributed by atoms with Crippen LogP contribution >= 0.6 is 12.1 Å². The van der Waals surface area contributed by atoms with Crippen LogP contribution < -0.4 is 0 Å². The van der Waals surface area contributed by atoms with Crippen molar-refractivity contribution in [2.45, 2.75) is 0 Å². The van der Waals surface area contributed by atoms with Gasteiger partial charge >= 0.3 is 6.09 Å². The Balaban J connectivity index is 3.50. The lowest BCUT2D eigenvalue weighted by atomic mass is 11.1. The average molecular weight is 150 g/mol. The number of hydrogen-bond donors (Lipinski definition) is 1. The van der Waals surface area contributed by atoms with Gasteiger partial charge in [0.15, 0.2) is 0 Å². The summed E-state index contributed by atoms with van der Waals surface area (Å²) in [6.45, 7) is 0. The van der Waals surface area contributed by atoms with E-state index in [2.05, 4.69) is 0 Å². The lowest BCUT2D eigenvalue weighted by molar-refractivity contribution is 0.180. The van der Waals surface area contributed by atoms with E-state index in [-0.39, 0.29) is 0 Å². The molecule has 1 N–H and O–H groups in total. The van der Waals surface area contributed by atoms with E-state index in [1.807, 2.05) is 0 Å². The van der Waals surface area contributed by atoms with Gasteiger partial charge in [-0.25, -0.2) is 13.4 Å². The van der Waals surface area contributed by atoms with Crippen LogP contribution in [0.5, 0.6) is 0 Å².